The lowest BCUT2D eigenvalue weighted by atomic mass is 10.0. The largest absolute Gasteiger partial charge is 0.351 e. The van der Waals surface area contributed by atoms with Crippen LogP contribution in [-0.4, -0.2) is 31.0 Å². The van der Waals surface area contributed by atoms with Crippen LogP contribution in [-0.2, 0) is 17.9 Å². The zero-order chi connectivity index (χ0) is 23.9. The lowest BCUT2D eigenvalue weighted by Crippen LogP contribution is -2.24. The van der Waals surface area contributed by atoms with Crippen LogP contribution in [0.15, 0.2) is 89.2 Å². The molecule has 8 heteroatoms. The summed E-state index contributed by atoms with van der Waals surface area (Å²) in [5.74, 6) is 0.643. The van der Waals surface area contributed by atoms with Crippen molar-refractivity contribution in [3.8, 4) is 5.69 Å². The van der Waals surface area contributed by atoms with Gasteiger partial charge < -0.3 is 9.88 Å². The average molecular weight is 474 g/mol. The maximum Gasteiger partial charge on any atom is 0.250 e. The molecule has 0 radical (unpaired) electrons. The molecule has 4 aromatic rings. The molecule has 0 saturated carbocycles. The Morgan fingerprint density at radius 3 is 2.44 bits per heavy atom. The molecule has 0 bridgehead atoms. The van der Waals surface area contributed by atoms with Crippen molar-refractivity contribution >= 4 is 17.7 Å². The summed E-state index contributed by atoms with van der Waals surface area (Å²) in [5, 5.41) is 11.8. The Bertz CT molecular complexity index is 1290. The van der Waals surface area contributed by atoms with E-state index in [1.165, 1.54) is 17.3 Å². The maximum absolute atomic E-state index is 12.4. The number of aromatic nitrogens is 4. The first-order valence-corrected chi connectivity index (χ1v) is 12.1. The van der Waals surface area contributed by atoms with E-state index < -0.39 is 0 Å². The van der Waals surface area contributed by atoms with Crippen LogP contribution in [0.2, 0.25) is 0 Å². The maximum atomic E-state index is 12.4. The van der Waals surface area contributed by atoms with Crippen molar-refractivity contribution in [2.45, 2.75) is 38.0 Å². The van der Waals surface area contributed by atoms with Gasteiger partial charge in [0.25, 0.3) is 5.56 Å². The number of rotatable bonds is 9. The number of pyridine rings is 1. The van der Waals surface area contributed by atoms with E-state index in [4.69, 9.17) is 0 Å². The molecule has 0 saturated heterocycles. The van der Waals surface area contributed by atoms with Crippen LogP contribution in [0.25, 0.3) is 5.69 Å². The molecule has 0 unspecified atom stereocenters. The third-order valence-electron chi connectivity index (χ3n) is 5.45. The fourth-order valence-corrected chi connectivity index (χ4v) is 4.21. The molecule has 2 heterocycles. The van der Waals surface area contributed by atoms with Gasteiger partial charge in [-0.1, -0.05) is 68.1 Å². The van der Waals surface area contributed by atoms with Crippen molar-refractivity contribution in [3.05, 3.63) is 106 Å². The summed E-state index contributed by atoms with van der Waals surface area (Å²) in [6, 6.07) is 21.3. The number of carbonyl (C=O) groups excluding carboxylic acids is 1. The predicted molar refractivity (Wildman–Crippen MR) is 134 cm³/mol. The molecule has 1 N–H and O–H groups in total. The Balaban J connectivity index is 1.28. The van der Waals surface area contributed by atoms with Gasteiger partial charge in [-0.25, -0.2) is 0 Å². The second-order valence-corrected chi connectivity index (χ2v) is 9.22. The summed E-state index contributed by atoms with van der Waals surface area (Å²) >= 11 is 1.35. The van der Waals surface area contributed by atoms with Crippen LogP contribution in [0, 0.1) is 0 Å². The fourth-order valence-electron chi connectivity index (χ4n) is 3.45. The first-order valence-electron chi connectivity index (χ1n) is 11.1. The van der Waals surface area contributed by atoms with Gasteiger partial charge in [-0.15, -0.1) is 10.2 Å². The molecular formula is C26H27N5O2S. The van der Waals surface area contributed by atoms with Gasteiger partial charge in [0.05, 0.1) is 12.3 Å². The lowest BCUT2D eigenvalue weighted by Gasteiger charge is -2.10. The molecule has 2 aromatic carbocycles. The average Bonchev–Trinajstić information content (AvgIpc) is 3.32. The standard InChI is InChI=1S/C26H27N5O2S/c1-19(2)22-10-12-23(13-11-22)31-18-28-29-26(31)34-17-24(32)27-15-20-6-8-21(9-7-20)16-30-14-4-3-5-25(30)33/h3-14,18-19H,15-17H2,1-2H3,(H,27,32). The number of hydrogen-bond acceptors (Lipinski definition) is 5. The zero-order valence-corrected chi connectivity index (χ0v) is 20.0. The topological polar surface area (TPSA) is 81.8 Å². The van der Waals surface area contributed by atoms with Crippen LogP contribution < -0.4 is 10.9 Å². The molecule has 2 aromatic heterocycles. The van der Waals surface area contributed by atoms with Gasteiger partial charge in [0.15, 0.2) is 5.16 Å². The van der Waals surface area contributed by atoms with Gasteiger partial charge in [-0.3, -0.25) is 14.2 Å². The number of amides is 1. The van der Waals surface area contributed by atoms with E-state index in [9.17, 15) is 9.59 Å². The van der Waals surface area contributed by atoms with Crippen LogP contribution >= 0.6 is 11.8 Å². The molecule has 7 nitrogen and oxygen atoms in total. The van der Waals surface area contributed by atoms with E-state index in [0.717, 1.165) is 16.8 Å². The molecule has 0 atom stereocenters. The molecular weight excluding hydrogens is 446 g/mol. The van der Waals surface area contributed by atoms with Crippen molar-refractivity contribution in [3.63, 3.8) is 0 Å². The second kappa shape index (κ2) is 11.0. The molecule has 0 fully saturated rings. The molecule has 0 aliphatic rings. The third kappa shape index (κ3) is 6.02. The number of benzene rings is 2. The van der Waals surface area contributed by atoms with Crippen LogP contribution in [0.4, 0.5) is 0 Å². The first-order chi connectivity index (χ1) is 16.5. The summed E-state index contributed by atoms with van der Waals surface area (Å²) < 4.78 is 3.55. The normalized spacial score (nSPS) is 11.0. The van der Waals surface area contributed by atoms with Gasteiger partial charge in [-0.2, -0.15) is 0 Å². The highest BCUT2D eigenvalue weighted by Crippen LogP contribution is 2.21. The Morgan fingerprint density at radius 2 is 1.74 bits per heavy atom. The number of nitrogens with zero attached hydrogens (tertiary/aromatic N) is 4. The van der Waals surface area contributed by atoms with Gasteiger partial charge in [-0.05, 0) is 40.8 Å². The van der Waals surface area contributed by atoms with Crippen molar-refractivity contribution in [1.29, 1.82) is 0 Å². The summed E-state index contributed by atoms with van der Waals surface area (Å²) in [6.45, 7) is 5.28. The number of nitrogens with one attached hydrogen (secondary N) is 1. The Labute approximate surface area is 202 Å². The molecule has 4 rings (SSSR count). The van der Waals surface area contributed by atoms with E-state index in [1.54, 1.807) is 29.2 Å². The predicted octanol–water partition coefficient (Wildman–Crippen LogP) is 4.01. The van der Waals surface area contributed by atoms with Crippen molar-refractivity contribution in [1.82, 2.24) is 24.6 Å². The van der Waals surface area contributed by atoms with Crippen molar-refractivity contribution in [2.24, 2.45) is 0 Å². The van der Waals surface area contributed by atoms with Crippen LogP contribution in [0.1, 0.15) is 36.5 Å². The second-order valence-electron chi connectivity index (χ2n) is 8.28. The van der Waals surface area contributed by atoms with E-state index in [0.29, 0.717) is 24.2 Å². The van der Waals surface area contributed by atoms with Gasteiger partial charge in [0, 0.05) is 24.5 Å². The fraction of sp³-hybridized carbons (Fsp3) is 0.231. The van der Waals surface area contributed by atoms with Crippen molar-refractivity contribution < 1.29 is 4.79 Å². The van der Waals surface area contributed by atoms with E-state index >= 15 is 0 Å². The summed E-state index contributed by atoms with van der Waals surface area (Å²) in [4.78, 5) is 24.3. The highest BCUT2D eigenvalue weighted by molar-refractivity contribution is 7.99. The van der Waals surface area contributed by atoms with Crippen LogP contribution in [0.3, 0.4) is 0 Å². The summed E-state index contributed by atoms with van der Waals surface area (Å²) in [5.41, 5.74) is 4.23. The van der Waals surface area contributed by atoms with Crippen molar-refractivity contribution in [2.75, 3.05) is 5.75 Å². The molecule has 0 spiro atoms. The Kier molecular flexibility index (Phi) is 7.59. The third-order valence-corrected chi connectivity index (χ3v) is 6.39. The number of hydrogen-bond donors (Lipinski definition) is 1. The smallest absolute Gasteiger partial charge is 0.250 e. The Hall–Kier alpha value is -3.65. The Morgan fingerprint density at radius 1 is 1.00 bits per heavy atom. The lowest BCUT2D eigenvalue weighted by molar-refractivity contribution is -0.118. The molecule has 34 heavy (non-hydrogen) atoms. The van der Waals surface area contributed by atoms with E-state index in [-0.39, 0.29) is 17.2 Å². The van der Waals surface area contributed by atoms with E-state index in [2.05, 4.69) is 41.5 Å². The summed E-state index contributed by atoms with van der Waals surface area (Å²) in [7, 11) is 0. The first kappa shape index (κ1) is 23.5. The monoisotopic (exact) mass is 473 g/mol. The minimum atomic E-state index is -0.0744. The molecule has 1 amide bonds. The van der Waals surface area contributed by atoms with Gasteiger partial charge in [0.2, 0.25) is 5.91 Å². The number of carbonyl (C=O) groups is 1. The van der Waals surface area contributed by atoms with Crippen LogP contribution in [0.5, 0.6) is 0 Å². The minimum Gasteiger partial charge on any atom is -0.351 e. The summed E-state index contributed by atoms with van der Waals surface area (Å²) in [6.07, 6.45) is 3.44. The highest BCUT2D eigenvalue weighted by Gasteiger charge is 2.11. The SMILES string of the molecule is CC(C)c1ccc(-n2cnnc2SCC(=O)NCc2ccc(Cn3ccccc3=O)cc2)cc1. The molecule has 174 valence electrons. The number of thioether (sulfide) groups is 1. The zero-order valence-electron chi connectivity index (χ0n) is 19.2. The van der Waals surface area contributed by atoms with Gasteiger partial charge in [0.1, 0.15) is 6.33 Å². The quantitative estimate of drug-likeness (QED) is 0.372. The molecule has 0 aliphatic carbocycles. The minimum absolute atomic E-state index is 0.0280. The van der Waals surface area contributed by atoms with E-state index in [1.807, 2.05) is 47.0 Å². The molecule has 0 aliphatic heterocycles. The highest BCUT2D eigenvalue weighted by atomic mass is 32.2. The van der Waals surface area contributed by atoms with Gasteiger partial charge >= 0.3 is 0 Å².